The van der Waals surface area contributed by atoms with E-state index >= 15 is 0 Å². The van der Waals surface area contributed by atoms with Crippen molar-refractivity contribution >= 4 is 15.8 Å². The minimum atomic E-state index is -3.54. The summed E-state index contributed by atoms with van der Waals surface area (Å²) < 4.78 is 28.5. The molecule has 0 fully saturated rings. The van der Waals surface area contributed by atoms with Crippen molar-refractivity contribution in [2.24, 2.45) is 0 Å². The normalized spacial score (nSPS) is 11.0. The summed E-state index contributed by atoms with van der Waals surface area (Å²) in [5.41, 5.74) is 0.196. The highest BCUT2D eigenvalue weighted by Gasteiger charge is 2.16. The Bertz CT molecular complexity index is 579. The average molecular weight is 266 g/mol. The summed E-state index contributed by atoms with van der Waals surface area (Å²) in [5.74, 6) is 1.14. The highest BCUT2D eigenvalue weighted by atomic mass is 32.2. The van der Waals surface area contributed by atoms with Crippen molar-refractivity contribution in [3.63, 3.8) is 0 Å². The Hall–Kier alpha value is -1.80. The Morgan fingerprint density at radius 3 is 2.67 bits per heavy atom. The Balaban J connectivity index is 3.08. The van der Waals surface area contributed by atoms with Crippen LogP contribution in [0.4, 0.5) is 0 Å². The minimum Gasteiger partial charge on any atom is -0.459 e. The van der Waals surface area contributed by atoms with Crippen LogP contribution in [0.2, 0.25) is 0 Å². The summed E-state index contributed by atoms with van der Waals surface area (Å²) >= 11 is 0. The smallest absolute Gasteiger partial charge is 0.338 e. The van der Waals surface area contributed by atoms with Crippen LogP contribution in [-0.2, 0) is 14.6 Å². The van der Waals surface area contributed by atoms with Gasteiger partial charge in [-0.1, -0.05) is 12.0 Å². The number of esters is 1. The van der Waals surface area contributed by atoms with Crippen LogP contribution in [0.3, 0.4) is 0 Å². The molecule has 96 valence electrons. The van der Waals surface area contributed by atoms with E-state index in [1.165, 1.54) is 24.3 Å². The zero-order chi connectivity index (χ0) is 13.8. The van der Waals surface area contributed by atoms with E-state index in [1.54, 1.807) is 13.8 Å². The van der Waals surface area contributed by atoms with E-state index in [2.05, 4.69) is 5.92 Å². The van der Waals surface area contributed by atoms with Gasteiger partial charge in [0.25, 0.3) is 0 Å². The van der Waals surface area contributed by atoms with Gasteiger partial charge in [-0.25, -0.2) is 13.2 Å². The molecule has 0 bridgehead atoms. The average Bonchev–Trinajstić information content (AvgIpc) is 2.28. The Labute approximate surface area is 107 Å². The zero-order valence-electron chi connectivity index (χ0n) is 10.2. The molecule has 18 heavy (non-hydrogen) atoms. The van der Waals surface area contributed by atoms with Gasteiger partial charge in [0.05, 0.1) is 16.6 Å². The minimum absolute atomic E-state index is 0.0265. The van der Waals surface area contributed by atoms with Crippen LogP contribution < -0.4 is 0 Å². The lowest BCUT2D eigenvalue weighted by atomic mass is 10.2. The first-order valence-electron chi connectivity index (χ1n) is 5.34. The van der Waals surface area contributed by atoms with E-state index < -0.39 is 21.6 Å². The third-order valence-electron chi connectivity index (χ3n) is 2.04. The highest BCUT2D eigenvalue weighted by Crippen LogP contribution is 2.14. The van der Waals surface area contributed by atoms with Gasteiger partial charge < -0.3 is 4.74 Å². The van der Waals surface area contributed by atoms with E-state index in [1.807, 2.05) is 0 Å². The van der Waals surface area contributed by atoms with Gasteiger partial charge in [-0.3, -0.25) is 0 Å². The first-order chi connectivity index (χ1) is 8.36. The molecule has 0 radical (unpaired) electrons. The van der Waals surface area contributed by atoms with Crippen molar-refractivity contribution < 1.29 is 17.9 Å². The van der Waals surface area contributed by atoms with Crippen LogP contribution in [0, 0.1) is 12.3 Å². The number of rotatable bonds is 4. The van der Waals surface area contributed by atoms with E-state index in [4.69, 9.17) is 11.2 Å². The summed E-state index contributed by atoms with van der Waals surface area (Å²) in [6.07, 6.45) is 4.73. The van der Waals surface area contributed by atoms with Gasteiger partial charge in [0.1, 0.15) is 5.75 Å². The van der Waals surface area contributed by atoms with Crippen LogP contribution in [-0.4, -0.2) is 26.2 Å². The maximum absolute atomic E-state index is 11.7. The lowest BCUT2D eigenvalue weighted by Crippen LogP contribution is -2.12. The molecule has 4 nitrogen and oxygen atoms in total. The van der Waals surface area contributed by atoms with Gasteiger partial charge in [-0.15, -0.1) is 6.42 Å². The van der Waals surface area contributed by atoms with Crippen molar-refractivity contribution in [2.75, 3.05) is 5.75 Å². The van der Waals surface area contributed by atoms with Gasteiger partial charge >= 0.3 is 5.97 Å². The molecule has 1 aromatic rings. The second-order valence-corrected chi connectivity index (χ2v) is 5.93. The standard InChI is InChI=1S/C13H14O4S/c1-4-8-18(15,16)12-7-5-6-11(9-12)13(14)17-10(2)3/h1,5-7,9-10H,8H2,2-3H3. The number of terminal acetylenes is 1. The second-order valence-electron chi connectivity index (χ2n) is 3.95. The molecule has 1 rings (SSSR count). The second kappa shape index (κ2) is 5.69. The van der Waals surface area contributed by atoms with E-state index in [0.29, 0.717) is 0 Å². The number of carbonyl (C=O) groups excluding carboxylic acids is 1. The van der Waals surface area contributed by atoms with Gasteiger partial charge in [-0.05, 0) is 32.0 Å². The molecule has 5 heteroatoms. The number of hydrogen-bond acceptors (Lipinski definition) is 4. The first-order valence-corrected chi connectivity index (χ1v) is 6.99. The molecule has 0 amide bonds. The van der Waals surface area contributed by atoms with E-state index in [-0.39, 0.29) is 16.6 Å². The van der Waals surface area contributed by atoms with Crippen LogP contribution in [0.1, 0.15) is 24.2 Å². The van der Waals surface area contributed by atoms with Crippen LogP contribution in [0.25, 0.3) is 0 Å². The van der Waals surface area contributed by atoms with Crippen LogP contribution >= 0.6 is 0 Å². The molecule has 0 unspecified atom stereocenters. The third-order valence-corrected chi connectivity index (χ3v) is 3.56. The topological polar surface area (TPSA) is 60.4 Å². The predicted molar refractivity (Wildman–Crippen MR) is 67.9 cm³/mol. The van der Waals surface area contributed by atoms with Gasteiger partial charge in [0.2, 0.25) is 0 Å². The number of carbonyl (C=O) groups is 1. The molecular weight excluding hydrogens is 252 g/mol. The van der Waals surface area contributed by atoms with Gasteiger partial charge in [0, 0.05) is 0 Å². The molecule has 0 aliphatic rings. The Morgan fingerprint density at radius 1 is 1.44 bits per heavy atom. The predicted octanol–water partition coefficient (Wildman–Crippen LogP) is 1.66. The SMILES string of the molecule is C#CCS(=O)(=O)c1cccc(C(=O)OC(C)C)c1. The van der Waals surface area contributed by atoms with Crippen molar-refractivity contribution in [3.8, 4) is 12.3 Å². The maximum atomic E-state index is 11.7. The van der Waals surface area contributed by atoms with Crippen molar-refractivity contribution in [2.45, 2.75) is 24.8 Å². The molecule has 0 saturated heterocycles. The molecular formula is C13H14O4S. The van der Waals surface area contributed by atoms with Gasteiger partial charge in [-0.2, -0.15) is 0 Å². The molecule has 0 saturated carbocycles. The largest absolute Gasteiger partial charge is 0.459 e. The number of sulfone groups is 1. The monoisotopic (exact) mass is 266 g/mol. The lowest BCUT2D eigenvalue weighted by molar-refractivity contribution is 0.0377. The zero-order valence-corrected chi connectivity index (χ0v) is 11.0. The molecule has 0 aromatic heterocycles. The fourth-order valence-electron chi connectivity index (χ4n) is 1.29. The molecule has 0 spiro atoms. The van der Waals surface area contributed by atoms with E-state index in [0.717, 1.165) is 0 Å². The number of benzene rings is 1. The quantitative estimate of drug-likeness (QED) is 0.614. The number of hydrogen-bond donors (Lipinski definition) is 0. The van der Waals surface area contributed by atoms with E-state index in [9.17, 15) is 13.2 Å². The van der Waals surface area contributed by atoms with Crippen molar-refractivity contribution in [3.05, 3.63) is 29.8 Å². The fourth-order valence-corrected chi connectivity index (χ4v) is 2.27. The van der Waals surface area contributed by atoms with Crippen LogP contribution in [0.15, 0.2) is 29.2 Å². The van der Waals surface area contributed by atoms with Crippen molar-refractivity contribution in [1.29, 1.82) is 0 Å². The summed E-state index contributed by atoms with van der Waals surface area (Å²) in [6, 6.07) is 5.66. The number of ether oxygens (including phenoxy) is 1. The summed E-state index contributed by atoms with van der Waals surface area (Å²) in [7, 11) is -3.54. The lowest BCUT2D eigenvalue weighted by Gasteiger charge is -2.08. The molecule has 0 heterocycles. The maximum Gasteiger partial charge on any atom is 0.338 e. The summed E-state index contributed by atoms with van der Waals surface area (Å²) in [5, 5.41) is 0. The fraction of sp³-hybridized carbons (Fsp3) is 0.308. The van der Waals surface area contributed by atoms with Crippen molar-refractivity contribution in [1.82, 2.24) is 0 Å². The highest BCUT2D eigenvalue weighted by molar-refractivity contribution is 7.91. The molecule has 0 aliphatic carbocycles. The van der Waals surface area contributed by atoms with Gasteiger partial charge in [0.15, 0.2) is 9.84 Å². The molecule has 0 aliphatic heterocycles. The third kappa shape index (κ3) is 3.60. The summed E-state index contributed by atoms with van der Waals surface area (Å²) in [6.45, 7) is 3.44. The van der Waals surface area contributed by atoms with Crippen LogP contribution in [0.5, 0.6) is 0 Å². The summed E-state index contributed by atoms with van der Waals surface area (Å²) in [4.78, 5) is 11.7. The molecule has 0 N–H and O–H groups in total. The molecule has 1 aromatic carbocycles. The molecule has 0 atom stereocenters. The Morgan fingerprint density at radius 2 is 2.11 bits per heavy atom. The Kier molecular flexibility index (Phi) is 4.51. The first kappa shape index (κ1) is 14.3.